The number of aromatic hydroxyl groups is 2. The molecule has 2 bridgehead atoms. The number of fused-ring (bicyclic) bond motifs is 2. The van der Waals surface area contributed by atoms with Gasteiger partial charge in [0.2, 0.25) is 0 Å². The molecule has 2 aromatic rings. The van der Waals surface area contributed by atoms with E-state index in [-0.39, 0.29) is 29.4 Å². The van der Waals surface area contributed by atoms with Crippen LogP contribution in [0.3, 0.4) is 0 Å². The monoisotopic (exact) mass is 586 g/mol. The lowest BCUT2D eigenvalue weighted by atomic mass is 9.95. The Bertz CT molecular complexity index is 1380. The van der Waals surface area contributed by atoms with Crippen molar-refractivity contribution in [1.82, 2.24) is 0 Å². The Morgan fingerprint density at radius 3 is 2.02 bits per heavy atom. The van der Waals surface area contributed by atoms with Crippen molar-refractivity contribution < 1.29 is 62.9 Å². The van der Waals surface area contributed by atoms with Crippen molar-refractivity contribution >= 4 is 30.1 Å². The molecule has 0 aliphatic carbocycles. The first-order valence-corrected chi connectivity index (χ1v) is 12.7. The van der Waals surface area contributed by atoms with Gasteiger partial charge in [0.25, 0.3) is 5.79 Å². The molecule has 42 heavy (non-hydrogen) atoms. The molecule has 0 unspecified atom stereocenters. The molecule has 224 valence electrons. The van der Waals surface area contributed by atoms with E-state index in [0.29, 0.717) is 11.1 Å². The standard InChI is InChI=1S/C29H30O13/c1-36-20-12-16(4-8-18(20)30)6-10-24(32)39-15-23-27-26(34)22(14-29(41-23,42-27)28(35)38-3)40-25(33)11-7-17-5-9-19(31)21(13-17)37-2/h4-13,22-23,26-27,30-31,34H,14-15H2,1-3H3/t22-,23-,26-,27-,29+/m1/s1. The molecule has 5 atom stereocenters. The minimum absolute atomic E-state index is 0.0576. The van der Waals surface area contributed by atoms with Crippen molar-refractivity contribution in [2.24, 2.45) is 0 Å². The molecule has 3 N–H and O–H groups in total. The van der Waals surface area contributed by atoms with Crippen LogP contribution < -0.4 is 9.47 Å². The van der Waals surface area contributed by atoms with Gasteiger partial charge >= 0.3 is 17.9 Å². The zero-order valence-corrected chi connectivity index (χ0v) is 22.9. The number of esters is 3. The molecule has 13 heteroatoms. The molecule has 13 nitrogen and oxygen atoms in total. The van der Waals surface area contributed by atoms with E-state index < -0.39 is 54.7 Å². The average molecular weight is 587 g/mol. The van der Waals surface area contributed by atoms with Crippen LogP contribution in [0.25, 0.3) is 12.2 Å². The van der Waals surface area contributed by atoms with Crippen molar-refractivity contribution in [3.63, 3.8) is 0 Å². The maximum absolute atomic E-state index is 12.6. The van der Waals surface area contributed by atoms with E-state index >= 15 is 0 Å². The largest absolute Gasteiger partial charge is 0.504 e. The van der Waals surface area contributed by atoms with Gasteiger partial charge in [-0.1, -0.05) is 12.1 Å². The van der Waals surface area contributed by atoms with Crippen molar-refractivity contribution in [2.45, 2.75) is 36.6 Å². The Morgan fingerprint density at radius 1 is 0.905 bits per heavy atom. The number of rotatable bonds is 10. The van der Waals surface area contributed by atoms with Gasteiger partial charge in [0, 0.05) is 12.2 Å². The van der Waals surface area contributed by atoms with Crippen LogP contribution in [0.4, 0.5) is 0 Å². The first-order valence-electron chi connectivity index (χ1n) is 12.7. The fourth-order valence-corrected chi connectivity index (χ4v) is 4.52. The van der Waals surface area contributed by atoms with Crippen molar-refractivity contribution in [2.75, 3.05) is 27.9 Å². The van der Waals surface area contributed by atoms with E-state index in [2.05, 4.69) is 0 Å². The van der Waals surface area contributed by atoms with Crippen LogP contribution >= 0.6 is 0 Å². The fourth-order valence-electron chi connectivity index (χ4n) is 4.52. The minimum atomic E-state index is -1.99. The number of hydrogen-bond donors (Lipinski definition) is 3. The summed E-state index contributed by atoms with van der Waals surface area (Å²) in [7, 11) is 3.90. The lowest BCUT2D eigenvalue weighted by Gasteiger charge is -2.36. The highest BCUT2D eigenvalue weighted by Gasteiger charge is 2.63. The Balaban J connectivity index is 1.41. The zero-order chi connectivity index (χ0) is 30.4. The predicted octanol–water partition coefficient (Wildman–Crippen LogP) is 1.71. The van der Waals surface area contributed by atoms with E-state index in [1.165, 1.54) is 50.6 Å². The number of benzene rings is 2. The molecular formula is C29H30O13. The van der Waals surface area contributed by atoms with Gasteiger partial charge in [0.15, 0.2) is 23.0 Å². The van der Waals surface area contributed by atoms with E-state index in [1.54, 1.807) is 12.1 Å². The second-order valence-electron chi connectivity index (χ2n) is 9.31. The van der Waals surface area contributed by atoms with Crippen molar-refractivity contribution in [3.05, 3.63) is 59.7 Å². The third-order valence-electron chi connectivity index (χ3n) is 6.61. The van der Waals surface area contributed by atoms with Crippen LogP contribution in [0.2, 0.25) is 0 Å². The second kappa shape index (κ2) is 12.9. The number of methoxy groups -OCH3 is 3. The topological polar surface area (TPSA) is 177 Å². The highest BCUT2D eigenvalue weighted by atomic mass is 16.8. The maximum atomic E-state index is 12.6. The Kier molecular flexibility index (Phi) is 9.35. The second-order valence-corrected chi connectivity index (χ2v) is 9.31. The summed E-state index contributed by atoms with van der Waals surface area (Å²) < 4.78 is 37.1. The molecule has 0 radical (unpaired) electrons. The van der Waals surface area contributed by atoms with Crippen molar-refractivity contribution in [3.8, 4) is 23.0 Å². The molecule has 4 rings (SSSR count). The molecule has 2 heterocycles. The summed E-state index contributed by atoms with van der Waals surface area (Å²) in [6, 6.07) is 8.94. The minimum Gasteiger partial charge on any atom is -0.504 e. The lowest BCUT2D eigenvalue weighted by molar-refractivity contribution is -0.249. The highest BCUT2D eigenvalue weighted by Crippen LogP contribution is 2.42. The summed E-state index contributed by atoms with van der Waals surface area (Å²) in [4.78, 5) is 37.5. The van der Waals surface area contributed by atoms with Crippen LogP contribution in [0.15, 0.2) is 48.6 Å². The number of aliphatic hydroxyl groups is 1. The zero-order valence-electron chi connectivity index (χ0n) is 22.9. The van der Waals surface area contributed by atoms with Gasteiger partial charge in [-0.2, -0.15) is 0 Å². The molecular weight excluding hydrogens is 556 g/mol. The molecule has 0 amide bonds. The van der Waals surface area contributed by atoms with Gasteiger partial charge in [0.05, 0.1) is 27.8 Å². The number of carbonyl (C=O) groups is 3. The lowest BCUT2D eigenvalue weighted by Crippen LogP contribution is -2.55. The number of hydrogen-bond acceptors (Lipinski definition) is 13. The van der Waals surface area contributed by atoms with Gasteiger partial charge in [-0.25, -0.2) is 14.4 Å². The molecule has 2 aromatic carbocycles. The van der Waals surface area contributed by atoms with Gasteiger partial charge < -0.3 is 48.5 Å². The average Bonchev–Trinajstić information content (AvgIpc) is 3.32. The van der Waals surface area contributed by atoms with E-state index in [9.17, 15) is 29.7 Å². The molecule has 2 fully saturated rings. The summed E-state index contributed by atoms with van der Waals surface area (Å²) in [5, 5.41) is 30.3. The number of aliphatic hydroxyl groups excluding tert-OH is 1. The number of phenols is 2. The number of phenolic OH excluding ortho intramolecular Hbond substituents is 2. The van der Waals surface area contributed by atoms with Crippen LogP contribution in [0, 0.1) is 0 Å². The fraction of sp³-hybridized carbons (Fsp3) is 0.345. The molecule has 0 spiro atoms. The van der Waals surface area contributed by atoms with E-state index in [4.69, 9.17) is 33.2 Å². The predicted molar refractivity (Wildman–Crippen MR) is 143 cm³/mol. The Labute approximate surface area is 240 Å². The van der Waals surface area contributed by atoms with E-state index in [1.807, 2.05) is 0 Å². The quantitative estimate of drug-likeness (QED) is 0.209. The van der Waals surface area contributed by atoms with Gasteiger partial charge in [0.1, 0.15) is 31.0 Å². The van der Waals surface area contributed by atoms with Crippen LogP contribution in [-0.4, -0.2) is 91.4 Å². The van der Waals surface area contributed by atoms with Crippen LogP contribution in [-0.2, 0) is 38.1 Å². The first kappa shape index (κ1) is 30.4. The summed E-state index contributed by atoms with van der Waals surface area (Å²) in [6.45, 7) is -0.397. The SMILES string of the molecule is COC(=O)[C@]12C[C@@H](OC(=O)C=Cc3ccc(O)c(OC)c3)[C@@H](O)[C@H](O1)[C@@H](COC(=O)C=Cc1ccc(O)c(OC)c1)O2. The van der Waals surface area contributed by atoms with Crippen LogP contribution in [0.5, 0.6) is 23.0 Å². The Hall–Kier alpha value is -4.59. The molecule has 0 aromatic heterocycles. The molecule has 2 saturated heterocycles. The van der Waals surface area contributed by atoms with Crippen molar-refractivity contribution in [1.29, 1.82) is 0 Å². The number of ether oxygens (including phenoxy) is 7. The van der Waals surface area contributed by atoms with E-state index in [0.717, 1.165) is 19.3 Å². The summed E-state index contributed by atoms with van der Waals surface area (Å²) in [6.07, 6.45) is -0.209. The maximum Gasteiger partial charge on any atom is 0.366 e. The normalized spacial score (nSPS) is 24.9. The first-order chi connectivity index (χ1) is 20.1. The smallest absolute Gasteiger partial charge is 0.366 e. The highest BCUT2D eigenvalue weighted by molar-refractivity contribution is 5.88. The Morgan fingerprint density at radius 2 is 1.48 bits per heavy atom. The molecule has 2 aliphatic heterocycles. The molecule has 2 aliphatic rings. The van der Waals surface area contributed by atoms with Crippen LogP contribution in [0.1, 0.15) is 17.5 Å². The summed E-state index contributed by atoms with van der Waals surface area (Å²) in [5.74, 6) is -4.18. The van der Waals surface area contributed by atoms with Gasteiger partial charge in [-0.05, 0) is 47.5 Å². The number of carbonyl (C=O) groups excluding carboxylic acids is 3. The summed E-state index contributed by atoms with van der Waals surface area (Å²) >= 11 is 0. The molecule has 0 saturated carbocycles. The van der Waals surface area contributed by atoms with Gasteiger partial charge in [-0.15, -0.1) is 0 Å². The van der Waals surface area contributed by atoms with Gasteiger partial charge in [-0.3, -0.25) is 0 Å². The summed E-state index contributed by atoms with van der Waals surface area (Å²) in [5.41, 5.74) is 1.09. The third kappa shape index (κ3) is 6.65. The third-order valence-corrected chi connectivity index (χ3v) is 6.61.